The number of ether oxygens (including phenoxy) is 1. The molecular weight excluding hydrogens is 144 g/mol. The van der Waals surface area contributed by atoms with E-state index in [1.807, 2.05) is 13.0 Å². The van der Waals surface area contributed by atoms with Gasteiger partial charge in [0.1, 0.15) is 6.04 Å². The molecule has 0 aliphatic rings. The van der Waals surface area contributed by atoms with E-state index in [0.29, 0.717) is 6.61 Å². The molecule has 1 N–H and O–H groups in total. The lowest BCUT2D eigenvalue weighted by molar-refractivity contribution is -0.119. The molecule has 0 aliphatic carbocycles. The molecule has 1 unspecified atom stereocenters. The van der Waals surface area contributed by atoms with Gasteiger partial charge in [-0.05, 0) is 6.92 Å². The van der Waals surface area contributed by atoms with Gasteiger partial charge < -0.3 is 10.1 Å². The minimum atomic E-state index is -0.521. The monoisotopic (exact) mass is 156 g/mol. The summed E-state index contributed by atoms with van der Waals surface area (Å²) in [5.41, 5.74) is 0. The van der Waals surface area contributed by atoms with Gasteiger partial charge in [0.2, 0.25) is 5.91 Å². The van der Waals surface area contributed by atoms with Crippen molar-refractivity contribution in [2.75, 3.05) is 13.2 Å². The lowest BCUT2D eigenvalue weighted by atomic mass is 10.3. The van der Waals surface area contributed by atoms with Crippen molar-refractivity contribution in [1.82, 2.24) is 5.32 Å². The molecule has 0 saturated heterocycles. The smallest absolute Gasteiger partial charge is 0.217 e. The summed E-state index contributed by atoms with van der Waals surface area (Å²) in [5.74, 6) is -0.212. The highest BCUT2D eigenvalue weighted by Gasteiger charge is 2.06. The van der Waals surface area contributed by atoms with Gasteiger partial charge in [0.05, 0.1) is 12.7 Å². The molecule has 0 rings (SSSR count). The van der Waals surface area contributed by atoms with Crippen LogP contribution in [-0.2, 0) is 9.53 Å². The summed E-state index contributed by atoms with van der Waals surface area (Å²) < 4.78 is 4.95. The van der Waals surface area contributed by atoms with Crippen LogP contribution >= 0.6 is 0 Å². The molecular formula is C7H12N2O2. The molecule has 4 nitrogen and oxygen atoms in total. The molecule has 0 saturated carbocycles. The number of hydrogen-bond acceptors (Lipinski definition) is 3. The fourth-order valence-electron chi connectivity index (χ4n) is 0.592. The third kappa shape index (κ3) is 5.37. The van der Waals surface area contributed by atoms with Crippen molar-refractivity contribution in [3.8, 4) is 6.07 Å². The molecule has 1 atom stereocenters. The SMILES string of the molecule is CCOCC(C#N)NC(C)=O. The number of hydrogen-bond donors (Lipinski definition) is 1. The van der Waals surface area contributed by atoms with E-state index in [1.54, 1.807) is 0 Å². The standard InChI is InChI=1S/C7H12N2O2/c1-3-11-5-7(4-8)9-6(2)10/h7H,3,5H2,1-2H3,(H,9,10). The largest absolute Gasteiger partial charge is 0.378 e. The number of nitriles is 1. The van der Waals surface area contributed by atoms with Crippen molar-refractivity contribution in [2.45, 2.75) is 19.9 Å². The van der Waals surface area contributed by atoms with Gasteiger partial charge in [0.15, 0.2) is 0 Å². The second-order valence-corrected chi connectivity index (χ2v) is 2.04. The molecule has 62 valence electrons. The molecule has 11 heavy (non-hydrogen) atoms. The van der Waals surface area contributed by atoms with Crippen LogP contribution in [0.3, 0.4) is 0 Å². The van der Waals surface area contributed by atoms with Crippen molar-refractivity contribution in [2.24, 2.45) is 0 Å². The Morgan fingerprint density at radius 1 is 1.82 bits per heavy atom. The highest BCUT2D eigenvalue weighted by Crippen LogP contribution is 1.83. The molecule has 0 aliphatic heterocycles. The van der Waals surface area contributed by atoms with Crippen LogP contribution in [0, 0.1) is 11.3 Å². The second kappa shape index (κ2) is 5.69. The summed E-state index contributed by atoms with van der Waals surface area (Å²) in [6.45, 7) is 4.02. The second-order valence-electron chi connectivity index (χ2n) is 2.04. The maximum Gasteiger partial charge on any atom is 0.217 e. The average molecular weight is 156 g/mol. The van der Waals surface area contributed by atoms with Crippen molar-refractivity contribution >= 4 is 5.91 Å². The Labute approximate surface area is 66.1 Å². The Balaban J connectivity index is 3.60. The van der Waals surface area contributed by atoms with E-state index in [0.717, 1.165) is 0 Å². The fraction of sp³-hybridized carbons (Fsp3) is 0.714. The van der Waals surface area contributed by atoms with Gasteiger partial charge >= 0.3 is 0 Å². The van der Waals surface area contributed by atoms with Crippen LogP contribution in [0.4, 0.5) is 0 Å². The van der Waals surface area contributed by atoms with Gasteiger partial charge in [0, 0.05) is 13.5 Å². The molecule has 4 heteroatoms. The molecule has 0 radical (unpaired) electrons. The topological polar surface area (TPSA) is 62.1 Å². The summed E-state index contributed by atoms with van der Waals surface area (Å²) in [6.07, 6.45) is 0. The van der Waals surface area contributed by atoms with Crippen LogP contribution < -0.4 is 5.32 Å². The number of nitrogens with zero attached hydrogens (tertiary/aromatic N) is 1. The first-order valence-corrected chi connectivity index (χ1v) is 3.45. The first kappa shape index (κ1) is 9.92. The van der Waals surface area contributed by atoms with E-state index in [4.69, 9.17) is 10.00 Å². The first-order chi connectivity index (χ1) is 5.20. The lowest BCUT2D eigenvalue weighted by Gasteiger charge is -2.08. The fourth-order valence-corrected chi connectivity index (χ4v) is 0.592. The van der Waals surface area contributed by atoms with Crippen molar-refractivity contribution in [3.05, 3.63) is 0 Å². The van der Waals surface area contributed by atoms with Gasteiger partial charge in [-0.15, -0.1) is 0 Å². The highest BCUT2D eigenvalue weighted by atomic mass is 16.5. The van der Waals surface area contributed by atoms with E-state index in [2.05, 4.69) is 5.32 Å². The summed E-state index contributed by atoms with van der Waals surface area (Å²) in [7, 11) is 0. The van der Waals surface area contributed by atoms with Crippen molar-refractivity contribution in [1.29, 1.82) is 5.26 Å². The molecule has 1 amide bonds. The Bertz CT molecular complexity index is 162. The lowest BCUT2D eigenvalue weighted by Crippen LogP contribution is -2.35. The van der Waals surface area contributed by atoms with Gasteiger partial charge in [0.25, 0.3) is 0 Å². The molecule has 0 fully saturated rings. The first-order valence-electron chi connectivity index (χ1n) is 3.45. The normalized spacial score (nSPS) is 11.7. The zero-order valence-corrected chi connectivity index (χ0v) is 6.76. The predicted octanol–water partition coefficient (Wildman–Crippen LogP) is 0.0512. The highest BCUT2D eigenvalue weighted by molar-refractivity contribution is 5.73. The maximum atomic E-state index is 10.5. The van der Waals surface area contributed by atoms with E-state index in [-0.39, 0.29) is 12.5 Å². The van der Waals surface area contributed by atoms with Crippen molar-refractivity contribution < 1.29 is 9.53 Å². The predicted molar refractivity (Wildman–Crippen MR) is 39.7 cm³/mol. The number of nitrogens with one attached hydrogen (secondary N) is 1. The van der Waals surface area contributed by atoms with Crippen LogP contribution in [0.15, 0.2) is 0 Å². The molecule has 0 aromatic rings. The summed E-state index contributed by atoms with van der Waals surface area (Å²) in [6, 6.07) is 1.39. The van der Waals surface area contributed by atoms with E-state index < -0.39 is 6.04 Å². The summed E-state index contributed by atoms with van der Waals surface area (Å²) in [5, 5.41) is 10.9. The molecule has 0 bridgehead atoms. The van der Waals surface area contributed by atoms with Gasteiger partial charge in [-0.25, -0.2) is 0 Å². The van der Waals surface area contributed by atoms with E-state index in [9.17, 15) is 4.79 Å². The maximum absolute atomic E-state index is 10.5. The minimum Gasteiger partial charge on any atom is -0.378 e. The quantitative estimate of drug-likeness (QED) is 0.625. The Morgan fingerprint density at radius 2 is 2.45 bits per heavy atom. The van der Waals surface area contributed by atoms with Crippen LogP contribution in [0.25, 0.3) is 0 Å². The Hall–Kier alpha value is -1.08. The van der Waals surface area contributed by atoms with E-state index >= 15 is 0 Å². The van der Waals surface area contributed by atoms with Gasteiger partial charge in [-0.1, -0.05) is 0 Å². The zero-order valence-electron chi connectivity index (χ0n) is 6.76. The van der Waals surface area contributed by atoms with Crippen LogP contribution in [0.1, 0.15) is 13.8 Å². The van der Waals surface area contributed by atoms with Crippen LogP contribution in [-0.4, -0.2) is 25.2 Å². The van der Waals surface area contributed by atoms with Crippen LogP contribution in [0.5, 0.6) is 0 Å². The van der Waals surface area contributed by atoms with Gasteiger partial charge in [-0.3, -0.25) is 4.79 Å². The minimum absolute atomic E-state index is 0.212. The number of carbonyl (C=O) groups is 1. The number of rotatable bonds is 4. The number of carbonyl (C=O) groups excluding carboxylic acids is 1. The van der Waals surface area contributed by atoms with Gasteiger partial charge in [-0.2, -0.15) is 5.26 Å². The molecule has 0 heterocycles. The third-order valence-electron chi connectivity index (χ3n) is 1.02. The van der Waals surface area contributed by atoms with Crippen LogP contribution in [0.2, 0.25) is 0 Å². The summed E-state index contributed by atoms with van der Waals surface area (Å²) >= 11 is 0. The third-order valence-corrected chi connectivity index (χ3v) is 1.02. The van der Waals surface area contributed by atoms with Crippen molar-refractivity contribution in [3.63, 3.8) is 0 Å². The molecule has 0 aromatic carbocycles. The Kier molecular flexibility index (Phi) is 5.13. The van der Waals surface area contributed by atoms with E-state index in [1.165, 1.54) is 6.92 Å². The zero-order chi connectivity index (χ0) is 8.69. The summed E-state index contributed by atoms with van der Waals surface area (Å²) in [4.78, 5) is 10.5. The molecule has 0 aromatic heterocycles. The Morgan fingerprint density at radius 3 is 2.82 bits per heavy atom. The number of amides is 1. The molecule has 0 spiro atoms. The average Bonchev–Trinajstić information content (AvgIpc) is 1.97.